The van der Waals surface area contributed by atoms with Gasteiger partial charge in [-0.2, -0.15) is 0 Å². The molecule has 1 aliphatic rings. The Kier molecular flexibility index (Phi) is 5.77. The summed E-state index contributed by atoms with van der Waals surface area (Å²) < 4.78 is 0. The minimum Gasteiger partial charge on any atom is -0.369 e. The number of nitro benzene ring substituents is 1. The molecule has 2 amide bonds. The second kappa shape index (κ2) is 8.23. The number of nitrogens with zero attached hydrogens (tertiary/aromatic N) is 3. The number of anilines is 1. The molecule has 0 spiro atoms. The summed E-state index contributed by atoms with van der Waals surface area (Å²) in [6.07, 6.45) is 1.33. The van der Waals surface area contributed by atoms with Crippen molar-refractivity contribution in [1.29, 1.82) is 0 Å². The van der Waals surface area contributed by atoms with Gasteiger partial charge in [-0.25, -0.2) is 4.98 Å². The van der Waals surface area contributed by atoms with Gasteiger partial charge in [0.05, 0.1) is 17.2 Å². The Bertz CT molecular complexity index is 861. The first-order valence-electron chi connectivity index (χ1n) is 8.44. The van der Waals surface area contributed by atoms with Crippen LogP contribution in [-0.4, -0.2) is 46.3 Å². The highest BCUT2D eigenvalue weighted by Crippen LogP contribution is 2.27. The summed E-state index contributed by atoms with van der Waals surface area (Å²) in [6.45, 7) is 1.52. The van der Waals surface area contributed by atoms with Gasteiger partial charge in [0, 0.05) is 29.0 Å². The third kappa shape index (κ3) is 4.86. The van der Waals surface area contributed by atoms with Crippen molar-refractivity contribution in [2.75, 3.05) is 25.0 Å². The Morgan fingerprint density at radius 2 is 2.11 bits per heavy atom. The Labute approximate surface area is 159 Å². The number of amides is 2. The number of aromatic nitrogens is 1. The van der Waals surface area contributed by atoms with Crippen LogP contribution in [0.2, 0.25) is 0 Å². The van der Waals surface area contributed by atoms with Crippen molar-refractivity contribution in [3.63, 3.8) is 0 Å². The van der Waals surface area contributed by atoms with Crippen LogP contribution in [0.5, 0.6) is 0 Å². The standard InChI is InChI=1S/C17H19N5O4S/c18-16(24)11-4-6-21(7-5-11)9-15(23)20-17-19-14(10-27-17)12-2-1-3-13(8-12)22(25)26/h1-3,8,10-11H,4-7,9H2,(H2,18,24)(H,19,20,23). The number of carbonyl (C=O) groups is 2. The average Bonchev–Trinajstić information content (AvgIpc) is 3.10. The molecule has 10 heteroatoms. The van der Waals surface area contributed by atoms with E-state index in [1.165, 1.54) is 23.5 Å². The van der Waals surface area contributed by atoms with Crippen molar-refractivity contribution in [3.05, 3.63) is 39.8 Å². The quantitative estimate of drug-likeness (QED) is 0.572. The van der Waals surface area contributed by atoms with Crippen LogP contribution >= 0.6 is 11.3 Å². The van der Waals surface area contributed by atoms with E-state index < -0.39 is 4.92 Å². The minimum atomic E-state index is -0.458. The number of hydrogen-bond donors (Lipinski definition) is 2. The van der Waals surface area contributed by atoms with Crippen molar-refractivity contribution in [2.45, 2.75) is 12.8 Å². The Morgan fingerprint density at radius 3 is 2.78 bits per heavy atom. The summed E-state index contributed by atoms with van der Waals surface area (Å²) in [6, 6.07) is 6.20. The number of non-ortho nitro benzene ring substituents is 1. The number of thiazole rings is 1. The highest BCUT2D eigenvalue weighted by Gasteiger charge is 2.24. The van der Waals surface area contributed by atoms with E-state index in [0.717, 1.165) is 0 Å². The normalized spacial score (nSPS) is 15.4. The zero-order valence-corrected chi connectivity index (χ0v) is 15.3. The van der Waals surface area contributed by atoms with Gasteiger partial charge < -0.3 is 11.1 Å². The lowest BCUT2D eigenvalue weighted by molar-refractivity contribution is -0.384. The maximum atomic E-state index is 12.2. The van der Waals surface area contributed by atoms with Crippen molar-refractivity contribution in [2.24, 2.45) is 11.7 Å². The van der Waals surface area contributed by atoms with Crippen LogP contribution in [-0.2, 0) is 9.59 Å². The molecule has 0 saturated carbocycles. The molecule has 2 aromatic rings. The predicted octanol–water partition coefficient (Wildman–Crippen LogP) is 1.85. The molecular weight excluding hydrogens is 370 g/mol. The Balaban J connectivity index is 1.56. The Morgan fingerprint density at radius 1 is 1.37 bits per heavy atom. The van der Waals surface area contributed by atoms with E-state index in [2.05, 4.69) is 10.3 Å². The monoisotopic (exact) mass is 389 g/mol. The van der Waals surface area contributed by atoms with E-state index in [4.69, 9.17) is 5.73 Å². The molecule has 0 radical (unpaired) electrons. The first-order chi connectivity index (χ1) is 12.9. The maximum absolute atomic E-state index is 12.2. The summed E-state index contributed by atoms with van der Waals surface area (Å²) in [5, 5.41) is 15.8. The van der Waals surface area contributed by atoms with Gasteiger partial charge in [-0.3, -0.25) is 24.6 Å². The zero-order valence-electron chi connectivity index (χ0n) is 14.5. The van der Waals surface area contributed by atoms with Gasteiger partial charge in [0.15, 0.2) is 5.13 Å². The van der Waals surface area contributed by atoms with Crippen LogP contribution in [0.25, 0.3) is 11.3 Å². The van der Waals surface area contributed by atoms with E-state index in [9.17, 15) is 19.7 Å². The maximum Gasteiger partial charge on any atom is 0.270 e. The first kappa shape index (κ1) is 18.9. The molecule has 27 heavy (non-hydrogen) atoms. The lowest BCUT2D eigenvalue weighted by Crippen LogP contribution is -2.42. The number of nitrogens with one attached hydrogen (secondary N) is 1. The summed E-state index contributed by atoms with van der Waals surface area (Å²) in [4.78, 5) is 40.1. The molecule has 0 bridgehead atoms. The smallest absolute Gasteiger partial charge is 0.270 e. The topological polar surface area (TPSA) is 131 Å². The highest BCUT2D eigenvalue weighted by molar-refractivity contribution is 7.14. The van der Waals surface area contributed by atoms with Gasteiger partial charge >= 0.3 is 0 Å². The molecule has 2 heterocycles. The van der Waals surface area contributed by atoms with Crippen LogP contribution in [0.4, 0.5) is 10.8 Å². The molecule has 142 valence electrons. The average molecular weight is 389 g/mol. The fourth-order valence-corrected chi connectivity index (χ4v) is 3.72. The molecule has 3 N–H and O–H groups in total. The third-order valence-corrected chi connectivity index (χ3v) is 5.22. The first-order valence-corrected chi connectivity index (χ1v) is 9.32. The number of primary amides is 1. The molecule has 0 atom stereocenters. The van der Waals surface area contributed by atoms with Gasteiger partial charge in [-0.15, -0.1) is 11.3 Å². The molecule has 1 aromatic heterocycles. The number of nitrogens with two attached hydrogens (primary N) is 1. The number of rotatable bonds is 6. The summed E-state index contributed by atoms with van der Waals surface area (Å²) in [5.41, 5.74) is 6.49. The van der Waals surface area contributed by atoms with Crippen LogP contribution in [0, 0.1) is 16.0 Å². The number of carbonyl (C=O) groups excluding carboxylic acids is 2. The molecule has 1 aromatic carbocycles. The van der Waals surface area contributed by atoms with Gasteiger partial charge in [0.25, 0.3) is 5.69 Å². The van der Waals surface area contributed by atoms with E-state index in [1.54, 1.807) is 17.5 Å². The molecule has 1 fully saturated rings. The third-order valence-electron chi connectivity index (χ3n) is 4.46. The van der Waals surface area contributed by atoms with Gasteiger partial charge in [-0.05, 0) is 25.9 Å². The number of piperidine rings is 1. The predicted molar refractivity (Wildman–Crippen MR) is 101 cm³/mol. The lowest BCUT2D eigenvalue weighted by atomic mass is 9.96. The van der Waals surface area contributed by atoms with Crippen LogP contribution in [0.1, 0.15) is 12.8 Å². The van der Waals surface area contributed by atoms with Gasteiger partial charge in [0.2, 0.25) is 11.8 Å². The molecule has 3 rings (SSSR count). The molecule has 1 aliphatic heterocycles. The fourth-order valence-electron chi connectivity index (χ4n) is 2.98. The van der Waals surface area contributed by atoms with E-state index in [-0.39, 0.29) is 30.0 Å². The number of nitro groups is 1. The summed E-state index contributed by atoms with van der Waals surface area (Å²) in [7, 11) is 0. The fraction of sp³-hybridized carbons (Fsp3) is 0.353. The zero-order chi connectivity index (χ0) is 19.4. The molecule has 0 unspecified atom stereocenters. The highest BCUT2D eigenvalue weighted by atomic mass is 32.1. The molecule has 0 aliphatic carbocycles. The largest absolute Gasteiger partial charge is 0.369 e. The second-order valence-electron chi connectivity index (χ2n) is 6.35. The molecule has 1 saturated heterocycles. The van der Waals surface area contributed by atoms with Gasteiger partial charge in [0.1, 0.15) is 0 Å². The van der Waals surface area contributed by atoms with Crippen molar-refractivity contribution in [1.82, 2.24) is 9.88 Å². The van der Waals surface area contributed by atoms with Crippen LogP contribution in [0.3, 0.4) is 0 Å². The summed E-state index contributed by atoms with van der Waals surface area (Å²) in [5.74, 6) is -0.580. The second-order valence-corrected chi connectivity index (χ2v) is 7.20. The van der Waals surface area contributed by atoms with E-state index >= 15 is 0 Å². The molecule has 9 nitrogen and oxygen atoms in total. The van der Waals surface area contributed by atoms with E-state index in [0.29, 0.717) is 42.3 Å². The lowest BCUT2D eigenvalue weighted by Gasteiger charge is -2.29. The number of hydrogen-bond acceptors (Lipinski definition) is 7. The minimum absolute atomic E-state index is 0.00884. The number of benzene rings is 1. The van der Waals surface area contributed by atoms with Gasteiger partial charge in [-0.1, -0.05) is 12.1 Å². The number of likely N-dealkylation sites (tertiary alicyclic amines) is 1. The van der Waals surface area contributed by atoms with Crippen LogP contribution < -0.4 is 11.1 Å². The van der Waals surface area contributed by atoms with E-state index in [1.807, 2.05) is 4.90 Å². The van der Waals surface area contributed by atoms with Crippen molar-refractivity contribution in [3.8, 4) is 11.3 Å². The van der Waals surface area contributed by atoms with Crippen molar-refractivity contribution < 1.29 is 14.5 Å². The SMILES string of the molecule is NC(=O)C1CCN(CC(=O)Nc2nc(-c3cccc([N+](=O)[O-])c3)cs2)CC1. The molecular formula is C17H19N5O4S. The summed E-state index contributed by atoms with van der Waals surface area (Å²) >= 11 is 1.26. The van der Waals surface area contributed by atoms with Crippen LogP contribution in [0.15, 0.2) is 29.6 Å². The Hall–Kier alpha value is -2.85. The van der Waals surface area contributed by atoms with Crippen molar-refractivity contribution >= 4 is 34.0 Å².